The van der Waals surface area contributed by atoms with Crippen LogP contribution in [0, 0.1) is 12.7 Å². The Morgan fingerprint density at radius 3 is 2.63 bits per heavy atom. The molecule has 0 N–H and O–H groups in total. The minimum absolute atomic E-state index is 0.0800. The summed E-state index contributed by atoms with van der Waals surface area (Å²) in [6.07, 6.45) is 3.88. The summed E-state index contributed by atoms with van der Waals surface area (Å²) in [6.45, 7) is 6.79. The number of aryl methyl sites for hydroxylation is 2. The van der Waals surface area contributed by atoms with Gasteiger partial charge in [-0.3, -0.25) is 18.9 Å². The molecule has 1 aliphatic rings. The molecule has 11 heteroatoms. The first-order valence-corrected chi connectivity index (χ1v) is 11.8. The van der Waals surface area contributed by atoms with E-state index in [0.29, 0.717) is 24.9 Å². The number of benzene rings is 1. The fourth-order valence-corrected chi connectivity index (χ4v) is 4.72. The van der Waals surface area contributed by atoms with E-state index in [1.807, 2.05) is 24.3 Å². The molecule has 182 valence electrons. The monoisotopic (exact) mass is 496 g/mol. The van der Waals surface area contributed by atoms with Crippen LogP contribution < -0.4 is 10.5 Å². The molecule has 1 unspecified atom stereocenters. The summed E-state index contributed by atoms with van der Waals surface area (Å²) in [7, 11) is 3.54. The van der Waals surface area contributed by atoms with Crippen LogP contribution in [0.3, 0.4) is 0 Å². The highest BCUT2D eigenvalue weighted by Crippen LogP contribution is 2.32. The van der Waals surface area contributed by atoms with Gasteiger partial charge < -0.3 is 4.90 Å². The number of halogens is 2. The van der Waals surface area contributed by atoms with E-state index >= 15 is 4.39 Å². The van der Waals surface area contributed by atoms with Crippen LogP contribution in [-0.2, 0) is 14.1 Å². The van der Waals surface area contributed by atoms with Crippen molar-refractivity contribution in [1.29, 1.82) is 0 Å². The highest BCUT2D eigenvalue weighted by Gasteiger charge is 2.30. The first-order valence-electron chi connectivity index (χ1n) is 11.4. The molecule has 0 radical (unpaired) electrons. The Hall–Kier alpha value is -3.37. The Kier molecular flexibility index (Phi) is 6.02. The molecule has 1 saturated heterocycles. The summed E-state index contributed by atoms with van der Waals surface area (Å²) < 4.78 is 18.2. The standard InChI is InChI=1S/C24H26ClFN8O/c1-5-33-8-9-34(13-19(33)15-11-27-31(3)12-15)24-29-20(17-7-6-16(25)10-18(17)26)21-22(30-24)23(35)32(4)14(2)28-21/h6-7,10-12,19H,5,8-9,13H2,1-4H3. The average Bonchev–Trinajstić information content (AvgIpc) is 3.28. The van der Waals surface area contributed by atoms with E-state index in [-0.39, 0.29) is 38.9 Å². The van der Waals surface area contributed by atoms with Crippen LogP contribution in [0.1, 0.15) is 24.4 Å². The number of anilines is 1. The summed E-state index contributed by atoms with van der Waals surface area (Å²) in [5.41, 5.74) is 1.71. The van der Waals surface area contributed by atoms with Gasteiger partial charge in [0.25, 0.3) is 5.56 Å². The lowest BCUT2D eigenvalue weighted by molar-refractivity contribution is 0.186. The second-order valence-electron chi connectivity index (χ2n) is 8.75. The predicted octanol–water partition coefficient (Wildman–Crippen LogP) is 3.11. The van der Waals surface area contributed by atoms with Gasteiger partial charge >= 0.3 is 0 Å². The molecule has 1 aliphatic heterocycles. The predicted molar refractivity (Wildman–Crippen MR) is 133 cm³/mol. The van der Waals surface area contributed by atoms with E-state index in [0.717, 1.165) is 18.7 Å². The van der Waals surface area contributed by atoms with Crippen LogP contribution in [0.25, 0.3) is 22.3 Å². The first-order chi connectivity index (χ1) is 16.8. The molecule has 0 spiro atoms. The highest BCUT2D eigenvalue weighted by atomic mass is 35.5. The zero-order valence-corrected chi connectivity index (χ0v) is 20.8. The van der Waals surface area contributed by atoms with Crippen LogP contribution in [0.2, 0.25) is 5.02 Å². The van der Waals surface area contributed by atoms with Gasteiger partial charge in [-0.25, -0.2) is 19.3 Å². The molecule has 0 saturated carbocycles. The van der Waals surface area contributed by atoms with Crippen molar-refractivity contribution in [2.24, 2.45) is 14.1 Å². The van der Waals surface area contributed by atoms with E-state index in [4.69, 9.17) is 16.6 Å². The average molecular weight is 497 g/mol. The van der Waals surface area contributed by atoms with E-state index in [2.05, 4.69) is 26.9 Å². The van der Waals surface area contributed by atoms with Crippen molar-refractivity contribution in [2.75, 3.05) is 31.1 Å². The summed E-state index contributed by atoms with van der Waals surface area (Å²) in [4.78, 5) is 31.6. The zero-order valence-electron chi connectivity index (χ0n) is 20.0. The van der Waals surface area contributed by atoms with Gasteiger partial charge in [-0.05, 0) is 31.7 Å². The topological polar surface area (TPSA) is 85.0 Å². The zero-order chi connectivity index (χ0) is 24.9. The number of fused-ring (bicyclic) bond motifs is 1. The molecule has 4 heterocycles. The maximum absolute atomic E-state index is 15.0. The summed E-state index contributed by atoms with van der Waals surface area (Å²) in [5, 5.41) is 4.61. The Bertz CT molecular complexity index is 1480. The molecule has 0 bridgehead atoms. The van der Waals surface area contributed by atoms with E-state index in [1.165, 1.54) is 10.6 Å². The van der Waals surface area contributed by atoms with Crippen LogP contribution in [-0.4, -0.2) is 60.4 Å². The molecule has 3 aromatic heterocycles. The van der Waals surface area contributed by atoms with Crippen molar-refractivity contribution in [2.45, 2.75) is 19.9 Å². The fourth-order valence-electron chi connectivity index (χ4n) is 4.56. The minimum Gasteiger partial charge on any atom is -0.338 e. The van der Waals surface area contributed by atoms with Gasteiger partial charge in [0.05, 0.1) is 12.2 Å². The third-order valence-corrected chi connectivity index (χ3v) is 6.85. The highest BCUT2D eigenvalue weighted by molar-refractivity contribution is 6.30. The van der Waals surface area contributed by atoms with Crippen LogP contribution in [0.4, 0.5) is 10.3 Å². The normalized spacial score (nSPS) is 16.9. The maximum Gasteiger partial charge on any atom is 0.279 e. The molecule has 1 atom stereocenters. The van der Waals surface area contributed by atoms with Crippen molar-refractivity contribution in [3.63, 3.8) is 0 Å². The molecule has 1 fully saturated rings. The third-order valence-electron chi connectivity index (χ3n) is 6.61. The molecule has 1 aromatic carbocycles. The lowest BCUT2D eigenvalue weighted by atomic mass is 10.1. The lowest BCUT2D eigenvalue weighted by Gasteiger charge is -2.40. The van der Waals surface area contributed by atoms with E-state index < -0.39 is 5.82 Å². The Morgan fingerprint density at radius 1 is 1.14 bits per heavy atom. The smallest absolute Gasteiger partial charge is 0.279 e. The summed E-state index contributed by atoms with van der Waals surface area (Å²) in [5.74, 6) is 0.324. The number of hydrogen-bond acceptors (Lipinski definition) is 7. The van der Waals surface area contributed by atoms with Gasteiger partial charge in [-0.2, -0.15) is 5.10 Å². The van der Waals surface area contributed by atoms with Crippen molar-refractivity contribution in [1.82, 2.24) is 34.2 Å². The van der Waals surface area contributed by atoms with E-state index in [1.54, 1.807) is 30.8 Å². The van der Waals surface area contributed by atoms with Gasteiger partial charge in [0, 0.05) is 56.1 Å². The first kappa shape index (κ1) is 23.4. The number of rotatable bonds is 4. The Balaban J connectivity index is 1.67. The van der Waals surface area contributed by atoms with Gasteiger partial charge in [-0.15, -0.1) is 0 Å². The quantitative estimate of drug-likeness (QED) is 0.429. The van der Waals surface area contributed by atoms with Crippen LogP contribution >= 0.6 is 11.6 Å². The molecular formula is C24H26ClFN8O. The van der Waals surface area contributed by atoms with Crippen LogP contribution in [0.5, 0.6) is 0 Å². The summed E-state index contributed by atoms with van der Waals surface area (Å²) >= 11 is 5.99. The number of hydrogen-bond donors (Lipinski definition) is 0. The number of aromatic nitrogens is 6. The van der Waals surface area contributed by atoms with Gasteiger partial charge in [0.1, 0.15) is 22.9 Å². The third kappa shape index (κ3) is 4.17. The SMILES string of the molecule is CCN1CCN(c2nc(-c3ccc(Cl)cc3F)c3nc(C)n(C)c(=O)c3n2)CC1c1cnn(C)c1. The fraction of sp³-hybridized carbons (Fsp3) is 0.375. The molecule has 35 heavy (non-hydrogen) atoms. The van der Waals surface area contributed by atoms with Crippen molar-refractivity contribution in [3.05, 3.63) is 63.2 Å². The maximum atomic E-state index is 15.0. The molecule has 5 rings (SSSR count). The molecule has 0 aliphatic carbocycles. The number of nitrogens with zero attached hydrogens (tertiary/aromatic N) is 8. The molecule has 9 nitrogen and oxygen atoms in total. The van der Waals surface area contributed by atoms with Crippen LogP contribution in [0.15, 0.2) is 35.4 Å². The lowest BCUT2D eigenvalue weighted by Crippen LogP contribution is -2.49. The second kappa shape index (κ2) is 9.01. The van der Waals surface area contributed by atoms with E-state index in [9.17, 15) is 4.79 Å². The second-order valence-corrected chi connectivity index (χ2v) is 9.19. The molecule has 4 aromatic rings. The Morgan fingerprint density at radius 2 is 1.94 bits per heavy atom. The van der Waals surface area contributed by atoms with Gasteiger partial charge in [0.2, 0.25) is 5.95 Å². The number of likely N-dealkylation sites (N-methyl/N-ethyl adjacent to an activating group) is 1. The van der Waals surface area contributed by atoms with Gasteiger partial charge in [0.15, 0.2) is 5.52 Å². The molecule has 0 amide bonds. The Labute approximate surface area is 206 Å². The van der Waals surface area contributed by atoms with Crippen molar-refractivity contribution < 1.29 is 4.39 Å². The van der Waals surface area contributed by atoms with Crippen molar-refractivity contribution in [3.8, 4) is 11.3 Å². The summed E-state index contributed by atoms with van der Waals surface area (Å²) in [6, 6.07) is 4.47. The largest absolute Gasteiger partial charge is 0.338 e. The van der Waals surface area contributed by atoms with Crippen molar-refractivity contribution >= 4 is 28.6 Å². The number of piperazine rings is 1. The molecular weight excluding hydrogens is 471 g/mol. The van der Waals surface area contributed by atoms with Gasteiger partial charge in [-0.1, -0.05) is 18.5 Å². The minimum atomic E-state index is -0.535.